The number of benzene rings is 1. The van der Waals surface area contributed by atoms with Gasteiger partial charge in [0, 0.05) is 43.0 Å². The summed E-state index contributed by atoms with van der Waals surface area (Å²) in [6.07, 6.45) is -3.32. The van der Waals surface area contributed by atoms with Crippen LogP contribution in [0.5, 0.6) is 0 Å². The number of piperazine rings is 1. The van der Waals surface area contributed by atoms with E-state index >= 15 is 0 Å². The molecule has 0 saturated carbocycles. The molecule has 4 rings (SSSR count). The molecule has 3 heterocycles. The number of carbonyl (C=O) groups is 1. The van der Waals surface area contributed by atoms with E-state index in [9.17, 15) is 18.0 Å². The summed E-state index contributed by atoms with van der Waals surface area (Å²) < 4.78 is 42.0. The Hall–Kier alpha value is -2.85. The molecular weight excluding hydrogens is 458 g/mol. The summed E-state index contributed by atoms with van der Waals surface area (Å²) in [6, 6.07) is 7.97. The maximum Gasteiger partial charge on any atom is 0.471 e. The summed E-state index contributed by atoms with van der Waals surface area (Å²) in [4.78, 5) is 24.0. The lowest BCUT2D eigenvalue weighted by Crippen LogP contribution is -2.49. The van der Waals surface area contributed by atoms with Crippen LogP contribution in [-0.4, -0.2) is 52.1 Å². The van der Waals surface area contributed by atoms with E-state index in [1.807, 2.05) is 4.90 Å². The molecule has 1 amide bonds. The summed E-state index contributed by atoms with van der Waals surface area (Å²) in [7, 11) is 0. The highest BCUT2D eigenvalue weighted by Crippen LogP contribution is 2.29. The van der Waals surface area contributed by atoms with E-state index in [2.05, 4.69) is 19.6 Å². The first kappa shape index (κ1) is 21.4. The lowest BCUT2D eigenvalue weighted by molar-refractivity contribution is -0.159. The van der Waals surface area contributed by atoms with Crippen molar-refractivity contribution < 1.29 is 22.5 Å². The highest BCUT2D eigenvalue weighted by Gasteiger charge is 2.38. The molecule has 12 heteroatoms. The van der Waals surface area contributed by atoms with Crippen LogP contribution in [0.15, 0.2) is 41.1 Å². The molecule has 0 atom stereocenters. The third kappa shape index (κ3) is 4.59. The first-order valence-electron chi connectivity index (χ1n) is 9.09. The number of alkyl halides is 3. The fraction of sp³-hybridized carbons (Fsp3) is 0.263. The highest BCUT2D eigenvalue weighted by atomic mass is 35.5. The third-order valence-corrected chi connectivity index (χ3v) is 5.27. The van der Waals surface area contributed by atoms with Gasteiger partial charge in [0.25, 0.3) is 5.91 Å². The van der Waals surface area contributed by atoms with Gasteiger partial charge in [-0.2, -0.15) is 18.2 Å². The van der Waals surface area contributed by atoms with E-state index in [4.69, 9.17) is 23.2 Å². The topological polar surface area (TPSA) is 75.4 Å². The average molecular weight is 472 g/mol. The Morgan fingerprint density at radius 2 is 1.81 bits per heavy atom. The van der Waals surface area contributed by atoms with Crippen molar-refractivity contribution >= 4 is 34.9 Å². The van der Waals surface area contributed by atoms with Crippen molar-refractivity contribution in [1.82, 2.24) is 20.0 Å². The summed E-state index contributed by atoms with van der Waals surface area (Å²) in [5, 5.41) is 4.10. The van der Waals surface area contributed by atoms with E-state index < -0.39 is 12.1 Å². The Morgan fingerprint density at radius 1 is 1.06 bits per heavy atom. The van der Waals surface area contributed by atoms with Gasteiger partial charge in [0.05, 0.1) is 10.6 Å². The number of anilines is 1. The van der Waals surface area contributed by atoms with Crippen LogP contribution in [0.3, 0.4) is 0 Å². The third-order valence-electron chi connectivity index (χ3n) is 4.73. The average Bonchev–Trinajstić information content (AvgIpc) is 3.25. The van der Waals surface area contributed by atoms with Gasteiger partial charge < -0.3 is 14.3 Å². The second-order valence-corrected chi connectivity index (χ2v) is 7.57. The summed E-state index contributed by atoms with van der Waals surface area (Å²) in [5.41, 5.74) is 0.689. The molecule has 3 aromatic rings. The summed E-state index contributed by atoms with van der Waals surface area (Å²) in [5.74, 6) is -1.16. The van der Waals surface area contributed by atoms with Crippen molar-refractivity contribution in [2.75, 3.05) is 31.1 Å². The normalized spacial score (nSPS) is 14.7. The van der Waals surface area contributed by atoms with E-state index in [0.29, 0.717) is 53.2 Å². The minimum atomic E-state index is -4.70. The van der Waals surface area contributed by atoms with Gasteiger partial charge in [-0.15, -0.1) is 0 Å². The molecular formula is C19H14Cl2F3N5O2. The fourth-order valence-electron chi connectivity index (χ4n) is 3.13. The number of aromatic nitrogens is 3. The van der Waals surface area contributed by atoms with Gasteiger partial charge in [-0.25, -0.2) is 4.98 Å². The lowest BCUT2D eigenvalue weighted by atomic mass is 10.1. The molecule has 0 spiro atoms. The van der Waals surface area contributed by atoms with Gasteiger partial charge in [-0.1, -0.05) is 28.4 Å². The minimum absolute atomic E-state index is 0.179. The molecule has 0 radical (unpaired) electrons. The number of amides is 1. The monoisotopic (exact) mass is 471 g/mol. The maximum atomic E-state index is 12.7. The van der Waals surface area contributed by atoms with Crippen molar-refractivity contribution in [3.8, 4) is 11.4 Å². The molecule has 1 fully saturated rings. The predicted molar refractivity (Wildman–Crippen MR) is 107 cm³/mol. The molecule has 2 aromatic heterocycles. The SMILES string of the molecule is O=C(c1ccc(Cl)cc1Cl)N1CCN(c2ccc(-c3noc(C(F)(F)F)n3)cn2)CC1. The van der Waals surface area contributed by atoms with Gasteiger partial charge in [-0.05, 0) is 30.3 Å². The van der Waals surface area contributed by atoms with Crippen LogP contribution in [0.1, 0.15) is 16.2 Å². The summed E-state index contributed by atoms with van der Waals surface area (Å²) in [6.45, 7) is 1.98. The zero-order chi connectivity index (χ0) is 22.2. The molecule has 1 aromatic carbocycles. The summed E-state index contributed by atoms with van der Waals surface area (Å²) >= 11 is 12.0. The molecule has 0 bridgehead atoms. The van der Waals surface area contributed by atoms with E-state index in [1.54, 1.807) is 29.2 Å². The van der Waals surface area contributed by atoms with Crippen LogP contribution in [0.25, 0.3) is 11.4 Å². The van der Waals surface area contributed by atoms with Crippen molar-refractivity contribution in [2.24, 2.45) is 0 Å². The smallest absolute Gasteiger partial charge is 0.353 e. The maximum absolute atomic E-state index is 12.7. The van der Waals surface area contributed by atoms with Crippen LogP contribution in [0.4, 0.5) is 19.0 Å². The van der Waals surface area contributed by atoms with Gasteiger partial charge in [-0.3, -0.25) is 4.79 Å². The van der Waals surface area contributed by atoms with E-state index in [0.717, 1.165) is 0 Å². The standard InChI is InChI=1S/C19H14Cl2F3N5O2/c20-12-2-3-13(14(21)9-12)17(30)29-7-5-28(6-8-29)15-4-1-11(10-25-15)16-26-18(31-27-16)19(22,23)24/h1-4,9-10H,5-8H2. The van der Waals surface area contributed by atoms with E-state index in [1.165, 1.54) is 12.3 Å². The molecule has 0 N–H and O–H groups in total. The van der Waals surface area contributed by atoms with Crippen molar-refractivity contribution in [3.05, 3.63) is 58.0 Å². The van der Waals surface area contributed by atoms with Crippen LogP contribution in [-0.2, 0) is 6.18 Å². The number of rotatable bonds is 3. The Balaban J connectivity index is 1.40. The molecule has 1 aliphatic rings. The number of carbonyl (C=O) groups excluding carboxylic acids is 1. The second kappa shape index (κ2) is 8.35. The highest BCUT2D eigenvalue weighted by molar-refractivity contribution is 6.36. The zero-order valence-electron chi connectivity index (χ0n) is 15.7. The quantitative estimate of drug-likeness (QED) is 0.562. The predicted octanol–water partition coefficient (Wildman–Crippen LogP) is 4.42. The number of nitrogens with zero attached hydrogens (tertiary/aromatic N) is 5. The van der Waals surface area contributed by atoms with Crippen LogP contribution >= 0.6 is 23.2 Å². The zero-order valence-corrected chi connectivity index (χ0v) is 17.2. The first-order valence-corrected chi connectivity index (χ1v) is 9.84. The lowest BCUT2D eigenvalue weighted by Gasteiger charge is -2.35. The second-order valence-electron chi connectivity index (χ2n) is 6.73. The molecule has 0 unspecified atom stereocenters. The largest absolute Gasteiger partial charge is 0.471 e. The molecule has 0 aliphatic carbocycles. The van der Waals surface area contributed by atoms with Gasteiger partial charge in [0.1, 0.15) is 5.82 Å². The van der Waals surface area contributed by atoms with Gasteiger partial charge in [0.2, 0.25) is 5.82 Å². The Bertz CT molecular complexity index is 1100. The van der Waals surface area contributed by atoms with Crippen molar-refractivity contribution in [3.63, 3.8) is 0 Å². The molecule has 31 heavy (non-hydrogen) atoms. The Morgan fingerprint density at radius 3 is 2.39 bits per heavy atom. The van der Waals surface area contributed by atoms with Gasteiger partial charge >= 0.3 is 12.1 Å². The van der Waals surface area contributed by atoms with Crippen molar-refractivity contribution in [2.45, 2.75) is 6.18 Å². The fourth-order valence-corrected chi connectivity index (χ4v) is 3.62. The molecule has 1 aliphatic heterocycles. The van der Waals surface area contributed by atoms with Crippen molar-refractivity contribution in [1.29, 1.82) is 0 Å². The van der Waals surface area contributed by atoms with Crippen LogP contribution in [0.2, 0.25) is 10.0 Å². The van der Waals surface area contributed by atoms with Crippen LogP contribution < -0.4 is 4.90 Å². The molecule has 162 valence electrons. The van der Waals surface area contributed by atoms with Gasteiger partial charge in [0.15, 0.2) is 0 Å². The van der Waals surface area contributed by atoms with Crippen LogP contribution in [0, 0.1) is 0 Å². The van der Waals surface area contributed by atoms with E-state index in [-0.39, 0.29) is 11.7 Å². The molecule has 1 saturated heterocycles. The Kier molecular flexibility index (Phi) is 5.76. The number of pyridine rings is 1. The Labute approximate surface area is 184 Å². The first-order chi connectivity index (χ1) is 14.7. The number of hydrogen-bond donors (Lipinski definition) is 0. The molecule has 7 nitrogen and oxygen atoms in total. The minimum Gasteiger partial charge on any atom is -0.353 e. The number of hydrogen-bond acceptors (Lipinski definition) is 6. The number of halogens is 5.